The quantitative estimate of drug-likeness (QED) is 0.338. The fourth-order valence-electron chi connectivity index (χ4n) is 5.79. The third-order valence-electron chi connectivity index (χ3n) is 7.40. The summed E-state index contributed by atoms with van der Waals surface area (Å²) in [6.07, 6.45) is 10.3. The van der Waals surface area contributed by atoms with Crippen molar-refractivity contribution in [3.63, 3.8) is 0 Å². The van der Waals surface area contributed by atoms with Gasteiger partial charge in [-0.15, -0.1) is 0 Å². The maximum atomic E-state index is 9.58. The topological polar surface area (TPSA) is 45.9 Å². The monoisotopic (exact) mass is 467 g/mol. The lowest BCUT2D eigenvalue weighted by Gasteiger charge is -2.55. The third kappa shape index (κ3) is 7.82. The molecule has 0 bridgehead atoms. The summed E-state index contributed by atoms with van der Waals surface area (Å²) in [4.78, 5) is 12.2. The minimum atomic E-state index is 0.0638. The second-order valence-electron chi connectivity index (χ2n) is 11.4. The van der Waals surface area contributed by atoms with E-state index in [4.69, 9.17) is 0 Å². The molecule has 1 atom stereocenters. The van der Waals surface area contributed by atoms with E-state index in [1.165, 1.54) is 25.8 Å². The van der Waals surface area contributed by atoms with Crippen LogP contribution < -0.4 is 0 Å². The Morgan fingerprint density at radius 2 is 1.82 bits per heavy atom. The minimum absolute atomic E-state index is 0.0638. The molecule has 2 rings (SSSR count). The number of rotatable bonds is 11. The lowest BCUT2D eigenvalue weighted by molar-refractivity contribution is -0.0369. The molecule has 1 aliphatic carbocycles. The molecule has 0 amide bonds. The van der Waals surface area contributed by atoms with Crippen LogP contribution in [0, 0.1) is 22.7 Å². The van der Waals surface area contributed by atoms with Crippen LogP contribution in [0.25, 0.3) is 0 Å². The first kappa shape index (κ1) is 28.3. The van der Waals surface area contributed by atoms with E-state index in [1.54, 1.807) is 6.08 Å². The highest BCUT2D eigenvalue weighted by Gasteiger charge is 2.46. The second-order valence-corrected chi connectivity index (χ2v) is 11.4. The molecule has 1 unspecified atom stereocenters. The average molecular weight is 468 g/mol. The summed E-state index contributed by atoms with van der Waals surface area (Å²) in [6.45, 7) is 28.8. The lowest BCUT2D eigenvalue weighted by atomic mass is 9.66. The van der Waals surface area contributed by atoms with Gasteiger partial charge in [-0.3, -0.25) is 4.90 Å². The highest BCUT2D eigenvalue weighted by molar-refractivity contribution is 6.07. The number of hydrogen-bond donors (Lipinski definition) is 0. The van der Waals surface area contributed by atoms with Crippen molar-refractivity contribution in [3.8, 4) is 6.07 Å². The predicted molar refractivity (Wildman–Crippen MR) is 146 cm³/mol. The number of nitrogens with zero attached hydrogens (tertiary/aromatic N) is 5. The van der Waals surface area contributed by atoms with Gasteiger partial charge < -0.3 is 9.80 Å². The molecule has 0 spiro atoms. The van der Waals surface area contributed by atoms with Gasteiger partial charge in [-0.1, -0.05) is 67.2 Å². The molecular formula is C29H49N5. The molecule has 34 heavy (non-hydrogen) atoms. The molecular weight excluding hydrogens is 418 g/mol. The molecule has 190 valence electrons. The van der Waals surface area contributed by atoms with E-state index in [-0.39, 0.29) is 5.54 Å². The molecule has 0 N–H and O–H groups in total. The van der Waals surface area contributed by atoms with Gasteiger partial charge in [-0.05, 0) is 49.5 Å². The van der Waals surface area contributed by atoms with Crippen LogP contribution in [-0.4, -0.2) is 65.2 Å². The zero-order chi connectivity index (χ0) is 25.4. The standard InChI is InChI=1S/C29H49N5/c1-9-11-13-27(20-30)31-26(6)34(25(5)10-2)23-29(15-12-14-28(7,8)22-29)33-18-16-32(17-19-33)21-24(3)4/h11,13,24H,5-6,9-10,12,14-19,21-23H2,1-4,7-8H3/b13-11-,31-27+. The fraction of sp³-hybridized carbons (Fsp3) is 0.724. The summed E-state index contributed by atoms with van der Waals surface area (Å²) in [5, 5.41) is 9.58. The molecule has 1 saturated carbocycles. The van der Waals surface area contributed by atoms with Gasteiger partial charge in [0.15, 0.2) is 0 Å². The van der Waals surface area contributed by atoms with Crippen molar-refractivity contribution in [3.05, 3.63) is 36.8 Å². The van der Waals surface area contributed by atoms with E-state index >= 15 is 0 Å². The van der Waals surface area contributed by atoms with E-state index in [9.17, 15) is 5.26 Å². The summed E-state index contributed by atoms with van der Waals surface area (Å²) in [5.41, 5.74) is 1.79. The molecule has 0 aromatic heterocycles. The smallest absolute Gasteiger partial charge is 0.142 e. The van der Waals surface area contributed by atoms with Crippen LogP contribution in [0.3, 0.4) is 0 Å². The van der Waals surface area contributed by atoms with Gasteiger partial charge in [0.2, 0.25) is 0 Å². The third-order valence-corrected chi connectivity index (χ3v) is 7.40. The SMILES string of the molecule is C=C(CC)N(CC1(N2CCN(CC(C)C)CC2)CCCC(C)(C)C1)C(=C)/N=C(C#N)\C=C/CC. The van der Waals surface area contributed by atoms with Crippen molar-refractivity contribution in [1.82, 2.24) is 14.7 Å². The zero-order valence-corrected chi connectivity index (χ0v) is 22.9. The van der Waals surface area contributed by atoms with Crippen LogP contribution in [0.2, 0.25) is 0 Å². The maximum absolute atomic E-state index is 9.58. The molecule has 5 heteroatoms. The molecule has 0 radical (unpaired) electrons. The summed E-state index contributed by atoms with van der Waals surface area (Å²) in [5.74, 6) is 1.33. The molecule has 0 aromatic carbocycles. The first-order chi connectivity index (χ1) is 16.1. The highest BCUT2D eigenvalue weighted by atomic mass is 15.3. The number of nitriles is 1. The molecule has 1 saturated heterocycles. The van der Waals surface area contributed by atoms with Crippen molar-refractivity contribution in [2.45, 2.75) is 85.6 Å². The van der Waals surface area contributed by atoms with Gasteiger partial charge in [0.1, 0.15) is 17.6 Å². The first-order valence-corrected chi connectivity index (χ1v) is 13.3. The maximum Gasteiger partial charge on any atom is 0.142 e. The van der Waals surface area contributed by atoms with Crippen LogP contribution in [0.4, 0.5) is 0 Å². The Labute approximate surface area is 209 Å². The molecule has 1 heterocycles. The average Bonchev–Trinajstić information content (AvgIpc) is 2.79. The van der Waals surface area contributed by atoms with Crippen LogP contribution in [-0.2, 0) is 0 Å². The Bertz CT molecular complexity index is 792. The van der Waals surface area contributed by atoms with Crippen molar-refractivity contribution < 1.29 is 0 Å². The zero-order valence-electron chi connectivity index (χ0n) is 22.9. The fourth-order valence-corrected chi connectivity index (χ4v) is 5.79. The van der Waals surface area contributed by atoms with E-state index in [0.717, 1.165) is 57.7 Å². The Morgan fingerprint density at radius 1 is 1.15 bits per heavy atom. The van der Waals surface area contributed by atoms with Crippen molar-refractivity contribution in [2.75, 3.05) is 39.3 Å². The van der Waals surface area contributed by atoms with Crippen LogP contribution in [0.1, 0.15) is 80.1 Å². The van der Waals surface area contributed by atoms with Gasteiger partial charge in [-0.2, -0.15) is 5.26 Å². The van der Waals surface area contributed by atoms with Crippen molar-refractivity contribution in [1.29, 1.82) is 5.26 Å². The molecule has 1 aliphatic heterocycles. The van der Waals surface area contributed by atoms with Crippen molar-refractivity contribution >= 4 is 5.71 Å². The van der Waals surface area contributed by atoms with Crippen LogP contribution >= 0.6 is 0 Å². The Morgan fingerprint density at radius 3 is 2.35 bits per heavy atom. The van der Waals surface area contributed by atoms with Crippen molar-refractivity contribution in [2.24, 2.45) is 16.3 Å². The summed E-state index contributed by atoms with van der Waals surface area (Å²) >= 11 is 0. The predicted octanol–water partition coefficient (Wildman–Crippen LogP) is 6.23. The highest BCUT2D eigenvalue weighted by Crippen LogP contribution is 2.45. The molecule has 2 aliphatic rings. The number of aliphatic imine (C=N–C) groups is 1. The van der Waals surface area contributed by atoms with Gasteiger partial charge in [0.05, 0.1) is 0 Å². The van der Waals surface area contributed by atoms with Crippen LogP contribution in [0.5, 0.6) is 0 Å². The number of hydrogen-bond acceptors (Lipinski definition) is 5. The number of allylic oxidation sites excluding steroid dienone is 3. The largest absolute Gasteiger partial charge is 0.329 e. The van der Waals surface area contributed by atoms with Gasteiger partial charge >= 0.3 is 0 Å². The molecule has 0 aromatic rings. The molecule has 2 fully saturated rings. The lowest BCUT2D eigenvalue weighted by Crippen LogP contribution is -2.63. The van der Waals surface area contributed by atoms with E-state index in [1.807, 2.05) is 6.08 Å². The Hall–Kier alpha value is -1.90. The van der Waals surface area contributed by atoms with E-state index < -0.39 is 0 Å². The van der Waals surface area contributed by atoms with Gasteiger partial charge in [-0.25, -0.2) is 4.99 Å². The summed E-state index contributed by atoms with van der Waals surface area (Å²) in [7, 11) is 0. The minimum Gasteiger partial charge on any atom is -0.329 e. The Kier molecular flexibility index (Phi) is 10.6. The summed E-state index contributed by atoms with van der Waals surface area (Å²) in [6, 6.07) is 2.22. The van der Waals surface area contributed by atoms with Crippen LogP contribution in [0.15, 0.2) is 41.8 Å². The Balaban J connectivity index is 2.34. The summed E-state index contributed by atoms with van der Waals surface area (Å²) < 4.78 is 0. The van der Waals surface area contributed by atoms with Gasteiger partial charge in [0, 0.05) is 50.5 Å². The normalized spacial score (nSPS) is 24.4. The second kappa shape index (κ2) is 12.7. The van der Waals surface area contributed by atoms with Gasteiger partial charge in [0.25, 0.3) is 0 Å². The van der Waals surface area contributed by atoms with E-state index in [2.05, 4.69) is 80.5 Å². The van der Waals surface area contributed by atoms with E-state index in [0.29, 0.717) is 22.9 Å². The molecule has 5 nitrogen and oxygen atoms in total. The number of piperazine rings is 1. The first-order valence-electron chi connectivity index (χ1n) is 13.3.